The van der Waals surface area contributed by atoms with Crippen molar-refractivity contribution in [2.45, 2.75) is 13.5 Å². The van der Waals surface area contributed by atoms with Gasteiger partial charge in [-0.15, -0.1) is 0 Å². The molecule has 0 saturated carbocycles. The molecular weight excluding hydrogens is 376 g/mol. The zero-order valence-corrected chi connectivity index (χ0v) is 18.0. The maximum absolute atomic E-state index is 5.26. The topological polar surface area (TPSA) is 57.9 Å². The lowest BCUT2D eigenvalue weighted by Gasteiger charge is -2.37. The van der Waals surface area contributed by atoms with Crippen LogP contribution in [0.1, 0.15) is 5.82 Å². The zero-order valence-electron chi connectivity index (χ0n) is 18.0. The fourth-order valence-electron chi connectivity index (χ4n) is 4.06. The van der Waals surface area contributed by atoms with Gasteiger partial charge in [0.15, 0.2) is 5.96 Å². The number of nitrogens with zero attached hydrogens (tertiary/aromatic N) is 5. The predicted molar refractivity (Wildman–Crippen MR) is 123 cm³/mol. The summed E-state index contributed by atoms with van der Waals surface area (Å²) in [6, 6.07) is 16.6. The Balaban J connectivity index is 1.31. The third kappa shape index (κ3) is 4.20. The molecule has 1 aliphatic rings. The third-order valence-electron chi connectivity index (χ3n) is 5.69. The molecule has 0 amide bonds. The fourth-order valence-corrected chi connectivity index (χ4v) is 4.06. The van der Waals surface area contributed by atoms with Gasteiger partial charge >= 0.3 is 0 Å². The molecule has 1 saturated heterocycles. The van der Waals surface area contributed by atoms with Crippen molar-refractivity contribution in [2.24, 2.45) is 4.99 Å². The molecule has 7 nitrogen and oxygen atoms in total. The summed E-state index contributed by atoms with van der Waals surface area (Å²) in [4.78, 5) is 13.9. The first kappa shape index (κ1) is 20.1. The second kappa shape index (κ2) is 9.07. The molecule has 1 fully saturated rings. The Bertz CT molecular complexity index is 1000. The Morgan fingerprint density at radius 1 is 1.07 bits per heavy atom. The normalized spacial score (nSPS) is 15.0. The number of benzene rings is 2. The first-order valence-electron chi connectivity index (χ1n) is 10.5. The van der Waals surface area contributed by atoms with Crippen molar-refractivity contribution in [3.05, 3.63) is 54.4 Å². The fraction of sp³-hybridized carbons (Fsp3) is 0.391. The van der Waals surface area contributed by atoms with E-state index >= 15 is 0 Å². The minimum absolute atomic E-state index is 0.812. The van der Waals surface area contributed by atoms with Crippen molar-refractivity contribution in [3.8, 4) is 5.75 Å². The van der Waals surface area contributed by atoms with Crippen molar-refractivity contribution in [2.75, 3.05) is 51.8 Å². The third-order valence-corrected chi connectivity index (χ3v) is 5.69. The van der Waals surface area contributed by atoms with E-state index in [9.17, 15) is 0 Å². The van der Waals surface area contributed by atoms with Gasteiger partial charge in [0, 0.05) is 52.0 Å². The van der Waals surface area contributed by atoms with Crippen LogP contribution in [0.2, 0.25) is 0 Å². The van der Waals surface area contributed by atoms with Gasteiger partial charge < -0.3 is 24.4 Å². The second-order valence-electron chi connectivity index (χ2n) is 7.45. The molecule has 158 valence electrons. The second-order valence-corrected chi connectivity index (χ2v) is 7.45. The number of para-hydroxylation sites is 2. The van der Waals surface area contributed by atoms with Crippen molar-refractivity contribution in [1.82, 2.24) is 19.8 Å². The van der Waals surface area contributed by atoms with Gasteiger partial charge in [0.1, 0.15) is 11.6 Å². The van der Waals surface area contributed by atoms with Crippen molar-refractivity contribution >= 4 is 22.7 Å². The van der Waals surface area contributed by atoms with Crippen LogP contribution >= 0.6 is 0 Å². The number of hydrogen-bond donors (Lipinski definition) is 1. The Morgan fingerprint density at radius 3 is 2.50 bits per heavy atom. The van der Waals surface area contributed by atoms with Crippen LogP contribution in [0, 0.1) is 6.92 Å². The summed E-state index contributed by atoms with van der Waals surface area (Å²) in [5, 5.41) is 3.53. The molecule has 0 atom stereocenters. The molecule has 0 bridgehead atoms. The molecule has 0 unspecified atom stereocenters. The van der Waals surface area contributed by atoms with Crippen LogP contribution in [0.3, 0.4) is 0 Å². The number of fused-ring (bicyclic) bond motifs is 1. The number of aliphatic imine (C=N–C) groups is 1. The number of hydrogen-bond acceptors (Lipinski definition) is 4. The zero-order chi connectivity index (χ0) is 20.9. The molecule has 0 radical (unpaired) electrons. The highest BCUT2D eigenvalue weighted by Crippen LogP contribution is 2.20. The number of guanidine groups is 1. The number of methoxy groups -OCH3 is 1. The maximum Gasteiger partial charge on any atom is 0.193 e. The monoisotopic (exact) mass is 406 g/mol. The lowest BCUT2D eigenvalue weighted by atomic mass is 10.2. The van der Waals surface area contributed by atoms with Gasteiger partial charge in [0.2, 0.25) is 0 Å². The summed E-state index contributed by atoms with van der Waals surface area (Å²) >= 11 is 0. The number of nitrogens with one attached hydrogen (secondary N) is 1. The molecule has 0 aliphatic carbocycles. The Hall–Kier alpha value is -3.22. The molecule has 0 spiro atoms. The molecule has 4 rings (SSSR count). The molecule has 2 heterocycles. The van der Waals surface area contributed by atoms with Gasteiger partial charge in [-0.3, -0.25) is 4.99 Å². The highest BCUT2D eigenvalue weighted by molar-refractivity contribution is 5.80. The van der Waals surface area contributed by atoms with E-state index in [1.807, 2.05) is 25.2 Å². The van der Waals surface area contributed by atoms with Crippen LogP contribution in [-0.4, -0.2) is 67.3 Å². The molecule has 1 N–H and O–H groups in total. The first-order chi connectivity index (χ1) is 14.7. The number of rotatable bonds is 5. The summed E-state index contributed by atoms with van der Waals surface area (Å²) in [5.41, 5.74) is 3.47. The van der Waals surface area contributed by atoms with Crippen LogP contribution in [0.25, 0.3) is 11.0 Å². The van der Waals surface area contributed by atoms with Gasteiger partial charge in [-0.1, -0.05) is 12.1 Å². The predicted octanol–water partition coefficient (Wildman–Crippen LogP) is 2.75. The first-order valence-corrected chi connectivity index (χ1v) is 10.5. The van der Waals surface area contributed by atoms with E-state index in [4.69, 9.17) is 4.74 Å². The Kier molecular flexibility index (Phi) is 6.07. The molecular formula is C23H30N6O. The minimum atomic E-state index is 0.812. The van der Waals surface area contributed by atoms with Gasteiger partial charge in [-0.25, -0.2) is 4.98 Å². The Morgan fingerprint density at radius 2 is 1.80 bits per heavy atom. The van der Waals surface area contributed by atoms with E-state index in [0.29, 0.717) is 0 Å². The number of aryl methyl sites for hydroxylation is 1. The van der Waals surface area contributed by atoms with Crippen molar-refractivity contribution < 1.29 is 4.74 Å². The van der Waals surface area contributed by atoms with E-state index < -0.39 is 0 Å². The summed E-state index contributed by atoms with van der Waals surface area (Å²) in [6.45, 7) is 7.56. The van der Waals surface area contributed by atoms with Crippen molar-refractivity contribution in [1.29, 1.82) is 0 Å². The van der Waals surface area contributed by atoms with E-state index in [1.54, 1.807) is 7.11 Å². The summed E-state index contributed by atoms with van der Waals surface area (Å²) in [6.07, 6.45) is 0. The van der Waals surface area contributed by atoms with Gasteiger partial charge in [0.05, 0.1) is 18.1 Å². The van der Waals surface area contributed by atoms with Crippen molar-refractivity contribution in [3.63, 3.8) is 0 Å². The summed E-state index contributed by atoms with van der Waals surface area (Å²) in [5.74, 6) is 2.90. The number of aromatic nitrogens is 2. The molecule has 7 heteroatoms. The number of anilines is 1. The van der Waals surface area contributed by atoms with Crippen LogP contribution in [0.5, 0.6) is 5.75 Å². The van der Waals surface area contributed by atoms with Gasteiger partial charge in [0.25, 0.3) is 0 Å². The lowest BCUT2D eigenvalue weighted by molar-refractivity contribution is 0.371. The van der Waals surface area contributed by atoms with Crippen LogP contribution in [-0.2, 0) is 6.54 Å². The van der Waals surface area contributed by atoms with Crippen LogP contribution in [0.4, 0.5) is 5.69 Å². The quantitative estimate of drug-likeness (QED) is 0.522. The highest BCUT2D eigenvalue weighted by Gasteiger charge is 2.20. The van der Waals surface area contributed by atoms with Crippen LogP contribution in [0.15, 0.2) is 53.5 Å². The number of imidazole rings is 1. The van der Waals surface area contributed by atoms with E-state index in [2.05, 4.69) is 66.9 Å². The molecule has 1 aliphatic heterocycles. The van der Waals surface area contributed by atoms with Gasteiger partial charge in [-0.2, -0.15) is 0 Å². The average Bonchev–Trinajstić information content (AvgIpc) is 3.12. The molecule has 30 heavy (non-hydrogen) atoms. The molecule has 2 aromatic carbocycles. The number of ether oxygens (including phenoxy) is 1. The molecule has 1 aromatic heterocycles. The summed E-state index contributed by atoms with van der Waals surface area (Å²) < 4.78 is 7.52. The van der Waals surface area contributed by atoms with E-state index in [0.717, 1.165) is 62.3 Å². The number of piperazine rings is 1. The SMILES string of the molecule is CN=C(NCCn1c(C)nc2ccccc21)N1CCN(c2ccc(OC)cc2)CC1. The molecule has 3 aromatic rings. The average molecular weight is 407 g/mol. The minimum Gasteiger partial charge on any atom is -0.497 e. The van der Waals surface area contributed by atoms with E-state index in [1.165, 1.54) is 11.2 Å². The maximum atomic E-state index is 5.26. The van der Waals surface area contributed by atoms with Gasteiger partial charge in [-0.05, 0) is 43.3 Å². The highest BCUT2D eigenvalue weighted by atomic mass is 16.5. The van der Waals surface area contributed by atoms with Crippen LogP contribution < -0.4 is 15.0 Å². The largest absolute Gasteiger partial charge is 0.497 e. The summed E-state index contributed by atoms with van der Waals surface area (Å²) in [7, 11) is 3.55. The standard InChI is InChI=1S/C23H30N6O/c1-18-26-21-6-4-5-7-22(21)29(18)13-12-25-23(24-2)28-16-14-27(15-17-28)19-8-10-20(30-3)11-9-19/h4-11H,12-17H2,1-3H3,(H,24,25). The Labute approximate surface area is 178 Å². The lowest BCUT2D eigenvalue weighted by Crippen LogP contribution is -2.52. The van der Waals surface area contributed by atoms with E-state index in [-0.39, 0.29) is 0 Å². The smallest absolute Gasteiger partial charge is 0.193 e.